The predicted octanol–water partition coefficient (Wildman–Crippen LogP) is 25.9. The maximum Gasteiger partial charge on any atom is 0.344 e. The van der Waals surface area contributed by atoms with Gasteiger partial charge in [-0.05, 0) is 215 Å². The Labute approximate surface area is 748 Å². The van der Waals surface area contributed by atoms with Crippen LogP contribution in [0.15, 0.2) is 97.1 Å². The predicted molar refractivity (Wildman–Crippen MR) is 495 cm³/mol. The van der Waals surface area contributed by atoms with E-state index < -0.39 is 59.5 Å². The molecule has 0 saturated heterocycles. The van der Waals surface area contributed by atoms with Crippen LogP contribution in [0.4, 0.5) is 0 Å². The summed E-state index contributed by atoms with van der Waals surface area (Å²) >= 11 is 0. The highest BCUT2D eigenvalue weighted by Crippen LogP contribution is 2.46. The average Bonchev–Trinajstić information content (AvgIpc) is 0.786. The number of benzene rings is 6. The van der Waals surface area contributed by atoms with Crippen molar-refractivity contribution in [3.63, 3.8) is 0 Å². The van der Waals surface area contributed by atoms with E-state index in [1.54, 1.807) is 144 Å². The van der Waals surface area contributed by atoms with Crippen LogP contribution in [0.5, 0.6) is 69.0 Å². The molecule has 21 nitrogen and oxygen atoms in total. The molecule has 0 radical (unpaired) electrons. The van der Waals surface area contributed by atoms with Crippen molar-refractivity contribution in [3.8, 4) is 91.2 Å². The highest BCUT2D eigenvalue weighted by molar-refractivity contribution is 5.82. The first-order chi connectivity index (χ1) is 59.8. The lowest BCUT2D eigenvalue weighted by molar-refractivity contribution is -0.158. The molecule has 0 fully saturated rings. The SMILES string of the molecule is CCCCCCCCCCOc1cc(COc2cc(OCc3cc(OCCCCCCCCCC)cc(OCC(=O)OC(C)(C)C)c3)cc(-c3c(OCCCCCCCCCC)cc(COc4cc(O)cc(-c5c(OCCCCCCCCCC)cc(CO)cc5OCC(=O)OC(C)(C)C)c4)cc3OCC(=O)OC(C)(C)C)c2)cc(OCC(=O)OC(C)(C)C)c1. The van der Waals surface area contributed by atoms with Gasteiger partial charge < -0.3 is 81.3 Å². The molecule has 0 aliphatic rings. The van der Waals surface area contributed by atoms with Gasteiger partial charge in [-0.1, -0.05) is 207 Å². The quantitative estimate of drug-likeness (QED) is 0.0205. The van der Waals surface area contributed by atoms with Crippen LogP contribution in [-0.4, -0.2) is 109 Å². The molecule has 0 bridgehead atoms. The van der Waals surface area contributed by atoms with Gasteiger partial charge in [-0.2, -0.15) is 0 Å². The van der Waals surface area contributed by atoms with Gasteiger partial charge in [-0.3, -0.25) is 0 Å². The maximum atomic E-state index is 14.0. The zero-order valence-corrected chi connectivity index (χ0v) is 79.0. The number of hydrogen-bond acceptors (Lipinski definition) is 21. The minimum Gasteiger partial charge on any atom is -0.508 e. The van der Waals surface area contributed by atoms with E-state index in [-0.39, 0.29) is 62.6 Å². The standard InChI is InChI=1S/C104H154O21/c1-17-21-25-29-33-37-41-45-49-111-84-53-78(55-86(66-84)118-73-95(107)122-101(5,6)7)70-116-89-63-82(64-90(68-89)117-71-79-54-85(112-50-46-42-38-34-30-26-22-18-2)67-87(56-79)119-74-96(108)123-102(8,9)10)100-92(114-52-48-44-40-36-32-28-24-20-4)59-80(60-94(100)121-76-98(110)125-104(14,15)16)72-115-88-62-81(61-83(106)65-88)99-91(113-51-47-43-39-35-31-27-23-19-3)57-77(69-105)58-93(99)120-75-97(109)124-103(11,12)13/h53-68,105-106H,17-52,69-76H2,1-16H3. The average molecular weight is 1740 g/mol. The van der Waals surface area contributed by atoms with Crippen LogP contribution in [0.25, 0.3) is 22.3 Å². The third-order valence-electron chi connectivity index (χ3n) is 20.0. The number of phenols is 1. The van der Waals surface area contributed by atoms with Crippen molar-refractivity contribution in [3.05, 3.63) is 119 Å². The Morgan fingerprint density at radius 3 is 0.776 bits per heavy atom. The first-order valence-corrected chi connectivity index (χ1v) is 46.8. The second-order valence-electron chi connectivity index (χ2n) is 36.8. The molecule has 0 unspecified atom stereocenters. The van der Waals surface area contributed by atoms with E-state index in [9.17, 15) is 29.4 Å². The first-order valence-electron chi connectivity index (χ1n) is 46.8. The maximum absolute atomic E-state index is 14.0. The molecule has 0 aliphatic carbocycles. The minimum absolute atomic E-state index is 0.0178. The van der Waals surface area contributed by atoms with Crippen molar-refractivity contribution in [2.45, 2.75) is 365 Å². The second-order valence-corrected chi connectivity index (χ2v) is 36.8. The molecular formula is C104H154O21. The third-order valence-corrected chi connectivity index (χ3v) is 20.0. The highest BCUT2D eigenvalue weighted by atomic mass is 16.6. The summed E-state index contributed by atoms with van der Waals surface area (Å²) in [5, 5.41) is 22.4. The second kappa shape index (κ2) is 56.8. The number of carbonyl (C=O) groups is 4. The molecule has 6 aromatic rings. The molecule has 125 heavy (non-hydrogen) atoms. The van der Waals surface area contributed by atoms with Gasteiger partial charge in [0, 0.05) is 24.3 Å². The molecule has 6 aromatic carbocycles. The summed E-state index contributed by atoms with van der Waals surface area (Å²) in [5.41, 5.74) is 1.07. The Kier molecular flexibility index (Phi) is 47.5. The fourth-order valence-corrected chi connectivity index (χ4v) is 14.2. The number of esters is 4. The summed E-state index contributed by atoms with van der Waals surface area (Å²) in [6, 6.07) is 28.3. The van der Waals surface area contributed by atoms with Crippen LogP contribution < -0.4 is 52.1 Å². The van der Waals surface area contributed by atoms with Gasteiger partial charge in [0.05, 0.1) is 44.2 Å². The fourth-order valence-electron chi connectivity index (χ4n) is 14.2. The lowest BCUT2D eigenvalue weighted by atomic mass is 9.99. The van der Waals surface area contributed by atoms with E-state index in [4.69, 9.17) is 71.1 Å². The summed E-state index contributed by atoms with van der Waals surface area (Å²) in [4.78, 5) is 53.7. The molecule has 696 valence electrons. The van der Waals surface area contributed by atoms with Crippen LogP contribution in [0.3, 0.4) is 0 Å². The number of carbonyl (C=O) groups excluding carboxylic acids is 4. The molecule has 0 aliphatic heterocycles. The first kappa shape index (κ1) is 105. The van der Waals surface area contributed by atoms with E-state index in [0.717, 1.165) is 103 Å². The van der Waals surface area contributed by atoms with E-state index in [0.29, 0.717) is 117 Å². The van der Waals surface area contributed by atoms with Crippen LogP contribution in [0.2, 0.25) is 0 Å². The Bertz CT molecular complexity index is 3990. The number of hydrogen-bond donors (Lipinski definition) is 2. The number of aromatic hydroxyl groups is 1. The largest absolute Gasteiger partial charge is 0.508 e. The summed E-state index contributed by atoms with van der Waals surface area (Å²) in [6.45, 7) is 29.9. The Balaban J connectivity index is 1.52. The lowest BCUT2D eigenvalue weighted by Gasteiger charge is -2.22. The Hall–Kier alpha value is -9.24. The summed E-state index contributed by atoms with van der Waals surface area (Å²) in [5.74, 6) is 1.55. The molecule has 0 amide bonds. The van der Waals surface area contributed by atoms with E-state index in [2.05, 4.69) is 27.7 Å². The molecule has 21 heteroatoms. The van der Waals surface area contributed by atoms with Crippen molar-refractivity contribution >= 4 is 23.9 Å². The van der Waals surface area contributed by atoms with E-state index >= 15 is 0 Å². The van der Waals surface area contributed by atoms with Crippen LogP contribution in [-0.2, 0) is 64.6 Å². The van der Waals surface area contributed by atoms with Crippen molar-refractivity contribution in [1.29, 1.82) is 0 Å². The zero-order valence-electron chi connectivity index (χ0n) is 79.0. The number of ether oxygens (including phenoxy) is 15. The lowest BCUT2D eigenvalue weighted by Crippen LogP contribution is -2.27. The number of aliphatic hydroxyl groups is 1. The van der Waals surface area contributed by atoms with Crippen molar-refractivity contribution < 1.29 is 100 Å². The monoisotopic (exact) mass is 1740 g/mol. The van der Waals surface area contributed by atoms with E-state index in [1.807, 2.05) is 30.3 Å². The number of aliphatic hydroxyl groups excluding tert-OH is 1. The van der Waals surface area contributed by atoms with Crippen molar-refractivity contribution in [2.75, 3.05) is 52.9 Å². The molecule has 0 aromatic heterocycles. The van der Waals surface area contributed by atoms with Crippen LogP contribution >= 0.6 is 0 Å². The molecule has 0 atom stereocenters. The van der Waals surface area contributed by atoms with E-state index in [1.165, 1.54) is 109 Å². The normalized spacial score (nSPS) is 11.7. The summed E-state index contributed by atoms with van der Waals surface area (Å²) in [7, 11) is 0. The zero-order chi connectivity index (χ0) is 90.9. The Morgan fingerprint density at radius 2 is 0.480 bits per heavy atom. The van der Waals surface area contributed by atoms with Gasteiger partial charge in [-0.15, -0.1) is 0 Å². The molecular weight excluding hydrogens is 1590 g/mol. The van der Waals surface area contributed by atoms with Crippen molar-refractivity contribution in [2.24, 2.45) is 0 Å². The van der Waals surface area contributed by atoms with Gasteiger partial charge >= 0.3 is 23.9 Å². The van der Waals surface area contributed by atoms with Gasteiger partial charge in [0.25, 0.3) is 0 Å². The third kappa shape index (κ3) is 45.2. The summed E-state index contributed by atoms with van der Waals surface area (Å²) in [6.07, 6.45) is 35.3. The van der Waals surface area contributed by atoms with Gasteiger partial charge in [0.15, 0.2) is 26.4 Å². The molecule has 0 heterocycles. The smallest absolute Gasteiger partial charge is 0.344 e. The van der Waals surface area contributed by atoms with Gasteiger partial charge in [0.2, 0.25) is 0 Å². The van der Waals surface area contributed by atoms with Gasteiger partial charge in [0.1, 0.15) is 111 Å². The molecule has 2 N–H and O–H groups in total. The van der Waals surface area contributed by atoms with Crippen LogP contribution in [0.1, 0.15) is 338 Å². The Morgan fingerprint density at radius 1 is 0.248 bits per heavy atom. The van der Waals surface area contributed by atoms with Crippen LogP contribution in [0, 0.1) is 0 Å². The molecule has 0 spiro atoms. The highest BCUT2D eigenvalue weighted by Gasteiger charge is 2.27. The minimum atomic E-state index is -0.860. The number of unbranched alkanes of at least 4 members (excludes halogenated alkanes) is 28. The molecule has 6 rings (SSSR count). The molecule has 0 saturated carbocycles. The summed E-state index contributed by atoms with van der Waals surface area (Å²) < 4.78 is 95.3. The number of rotatable bonds is 64. The number of phenolic OH excluding ortho intramolecular Hbond substituents is 1. The van der Waals surface area contributed by atoms with Crippen molar-refractivity contribution in [1.82, 2.24) is 0 Å². The van der Waals surface area contributed by atoms with Gasteiger partial charge in [-0.25, -0.2) is 19.2 Å². The fraction of sp³-hybridized carbons (Fsp3) is 0.615. The topological polar surface area (TPSA) is 247 Å².